The average molecular weight is 196 g/mol. The van der Waals surface area contributed by atoms with Crippen LogP contribution in [0.3, 0.4) is 0 Å². The van der Waals surface area contributed by atoms with Crippen molar-refractivity contribution >= 4 is 23.3 Å². The lowest BCUT2D eigenvalue weighted by atomic mass is 10.4. The second-order valence-corrected chi connectivity index (χ2v) is 2.62. The van der Waals surface area contributed by atoms with E-state index in [0.29, 0.717) is 11.0 Å². The van der Waals surface area contributed by atoms with Gasteiger partial charge in [0.05, 0.1) is 6.07 Å². The highest BCUT2D eigenvalue weighted by atomic mass is 35.5. The first kappa shape index (κ1) is 9.49. The van der Waals surface area contributed by atoms with Crippen LogP contribution < -0.4 is 5.32 Å². The molecule has 1 amide bonds. The Morgan fingerprint density at radius 1 is 1.69 bits per heavy atom. The van der Waals surface area contributed by atoms with Crippen molar-refractivity contribution in [1.82, 2.24) is 4.98 Å². The van der Waals surface area contributed by atoms with Crippen LogP contribution in [0.1, 0.15) is 6.42 Å². The highest BCUT2D eigenvalue weighted by molar-refractivity contribution is 6.29. The van der Waals surface area contributed by atoms with E-state index in [9.17, 15) is 4.79 Å². The van der Waals surface area contributed by atoms with Gasteiger partial charge in [0.2, 0.25) is 5.91 Å². The first-order valence-electron chi connectivity index (χ1n) is 3.52. The fourth-order valence-corrected chi connectivity index (χ4v) is 0.901. The maximum atomic E-state index is 10.9. The van der Waals surface area contributed by atoms with E-state index in [0.717, 1.165) is 0 Å². The Hall–Kier alpha value is -1.60. The molecule has 0 saturated carbocycles. The molecule has 13 heavy (non-hydrogen) atoms. The summed E-state index contributed by atoms with van der Waals surface area (Å²) in [6, 6.07) is 6.59. The van der Waals surface area contributed by atoms with E-state index in [4.69, 9.17) is 16.9 Å². The summed E-state index contributed by atoms with van der Waals surface area (Å²) in [5.74, 6) is -0.0370. The van der Waals surface area contributed by atoms with E-state index in [1.165, 1.54) is 0 Å². The molecule has 0 fully saturated rings. The Morgan fingerprint density at radius 3 is 3.08 bits per heavy atom. The molecule has 0 bridgehead atoms. The van der Waals surface area contributed by atoms with Crippen LogP contribution in [-0.4, -0.2) is 10.9 Å². The first-order valence-corrected chi connectivity index (χ1v) is 3.89. The molecule has 1 heterocycles. The van der Waals surface area contributed by atoms with Gasteiger partial charge < -0.3 is 5.32 Å². The van der Waals surface area contributed by atoms with Gasteiger partial charge in [-0.2, -0.15) is 5.26 Å². The number of amides is 1. The summed E-state index contributed by atoms with van der Waals surface area (Å²) in [7, 11) is 0. The molecule has 0 radical (unpaired) electrons. The van der Waals surface area contributed by atoms with Crippen LogP contribution in [0.2, 0.25) is 5.15 Å². The Bertz CT molecular complexity index is 359. The zero-order valence-corrected chi connectivity index (χ0v) is 7.38. The van der Waals surface area contributed by atoms with Crippen molar-refractivity contribution < 1.29 is 4.79 Å². The molecule has 0 aromatic carbocycles. The molecule has 1 N–H and O–H groups in total. The molecule has 0 saturated heterocycles. The van der Waals surface area contributed by atoms with E-state index in [2.05, 4.69) is 10.3 Å². The molecule has 0 aliphatic carbocycles. The SMILES string of the molecule is N#CCC(=O)Nc1cccc(Cl)n1. The summed E-state index contributed by atoms with van der Waals surface area (Å²) in [4.78, 5) is 14.7. The second kappa shape index (κ2) is 4.43. The first-order chi connectivity index (χ1) is 6.22. The minimum absolute atomic E-state index is 0.186. The number of anilines is 1. The van der Waals surface area contributed by atoms with Crippen molar-refractivity contribution in [3.8, 4) is 6.07 Å². The fourth-order valence-electron chi connectivity index (χ4n) is 0.737. The molecule has 0 aliphatic heterocycles. The number of nitrogens with one attached hydrogen (secondary N) is 1. The molecular formula is C8H6ClN3O. The van der Waals surface area contributed by atoms with Gasteiger partial charge in [-0.25, -0.2) is 4.98 Å². The van der Waals surface area contributed by atoms with E-state index >= 15 is 0 Å². The Morgan fingerprint density at radius 2 is 2.46 bits per heavy atom. The lowest BCUT2D eigenvalue weighted by molar-refractivity contribution is -0.115. The molecule has 4 nitrogen and oxygen atoms in total. The number of nitrogens with zero attached hydrogens (tertiary/aromatic N) is 2. The standard InChI is InChI=1S/C8H6ClN3O/c9-6-2-1-3-7(11-6)12-8(13)4-5-10/h1-3H,4H2,(H,11,12,13). The number of hydrogen-bond acceptors (Lipinski definition) is 3. The molecular weight excluding hydrogens is 190 g/mol. The third kappa shape index (κ3) is 3.09. The molecule has 1 aromatic rings. The van der Waals surface area contributed by atoms with Crippen LogP contribution >= 0.6 is 11.6 Å². The zero-order chi connectivity index (χ0) is 9.68. The lowest BCUT2D eigenvalue weighted by Crippen LogP contribution is -2.11. The van der Waals surface area contributed by atoms with Crippen molar-refractivity contribution in [3.05, 3.63) is 23.4 Å². The quantitative estimate of drug-likeness (QED) is 0.729. The lowest BCUT2D eigenvalue weighted by Gasteiger charge is -2.00. The maximum Gasteiger partial charge on any atom is 0.239 e. The van der Waals surface area contributed by atoms with Crippen LogP contribution in [0.5, 0.6) is 0 Å². The van der Waals surface area contributed by atoms with Crippen molar-refractivity contribution in [3.63, 3.8) is 0 Å². The normalized spacial score (nSPS) is 8.92. The molecule has 1 rings (SSSR count). The second-order valence-electron chi connectivity index (χ2n) is 2.23. The monoisotopic (exact) mass is 195 g/mol. The predicted molar refractivity (Wildman–Crippen MR) is 48.1 cm³/mol. The summed E-state index contributed by atoms with van der Waals surface area (Å²) in [5, 5.41) is 10.9. The number of carbonyl (C=O) groups excluding carboxylic acids is 1. The Kier molecular flexibility index (Phi) is 3.23. The van der Waals surface area contributed by atoms with Gasteiger partial charge in [0.15, 0.2) is 0 Å². The smallest absolute Gasteiger partial charge is 0.239 e. The molecule has 0 aliphatic rings. The van der Waals surface area contributed by atoms with Gasteiger partial charge in [-0.1, -0.05) is 17.7 Å². The largest absolute Gasteiger partial charge is 0.310 e. The summed E-state index contributed by atoms with van der Waals surface area (Å²) >= 11 is 5.58. The minimum atomic E-state index is -0.391. The van der Waals surface area contributed by atoms with Crippen LogP contribution in [0.4, 0.5) is 5.82 Å². The number of pyridine rings is 1. The van der Waals surface area contributed by atoms with E-state index in [1.54, 1.807) is 24.3 Å². The molecule has 5 heteroatoms. The van der Waals surface area contributed by atoms with Gasteiger partial charge >= 0.3 is 0 Å². The van der Waals surface area contributed by atoms with Gasteiger partial charge in [-0.15, -0.1) is 0 Å². The van der Waals surface area contributed by atoms with Gasteiger partial charge in [0.25, 0.3) is 0 Å². The number of nitriles is 1. The number of hydrogen-bond donors (Lipinski definition) is 1. The average Bonchev–Trinajstić information content (AvgIpc) is 2.04. The molecule has 0 unspecified atom stereocenters. The van der Waals surface area contributed by atoms with Crippen LogP contribution in [0, 0.1) is 11.3 Å². The van der Waals surface area contributed by atoms with Crippen molar-refractivity contribution in [1.29, 1.82) is 5.26 Å². The fraction of sp³-hybridized carbons (Fsp3) is 0.125. The Labute approximate surface area is 80.2 Å². The van der Waals surface area contributed by atoms with Gasteiger partial charge in [0, 0.05) is 0 Å². The number of carbonyl (C=O) groups is 1. The molecule has 1 aromatic heterocycles. The number of halogens is 1. The van der Waals surface area contributed by atoms with Crippen molar-refractivity contribution in [2.75, 3.05) is 5.32 Å². The third-order valence-electron chi connectivity index (χ3n) is 1.22. The van der Waals surface area contributed by atoms with E-state index < -0.39 is 5.91 Å². The summed E-state index contributed by atoms with van der Waals surface area (Å²) < 4.78 is 0. The van der Waals surface area contributed by atoms with E-state index in [-0.39, 0.29) is 6.42 Å². The van der Waals surface area contributed by atoms with Crippen LogP contribution in [-0.2, 0) is 4.79 Å². The molecule has 0 atom stereocenters. The number of aromatic nitrogens is 1. The number of rotatable bonds is 2. The van der Waals surface area contributed by atoms with Crippen LogP contribution in [0.15, 0.2) is 18.2 Å². The van der Waals surface area contributed by atoms with E-state index in [1.807, 2.05) is 0 Å². The van der Waals surface area contributed by atoms with Crippen LogP contribution in [0.25, 0.3) is 0 Å². The minimum Gasteiger partial charge on any atom is -0.310 e. The summed E-state index contributed by atoms with van der Waals surface area (Å²) in [6.45, 7) is 0. The highest BCUT2D eigenvalue weighted by Gasteiger charge is 2.01. The van der Waals surface area contributed by atoms with Crippen molar-refractivity contribution in [2.45, 2.75) is 6.42 Å². The Balaban J connectivity index is 2.65. The molecule has 0 spiro atoms. The van der Waals surface area contributed by atoms with Crippen molar-refractivity contribution in [2.24, 2.45) is 0 Å². The predicted octanol–water partition coefficient (Wildman–Crippen LogP) is 1.59. The summed E-state index contributed by atoms with van der Waals surface area (Å²) in [6.07, 6.45) is -0.186. The van der Waals surface area contributed by atoms with Gasteiger partial charge in [0.1, 0.15) is 17.4 Å². The third-order valence-corrected chi connectivity index (χ3v) is 1.43. The topological polar surface area (TPSA) is 65.8 Å². The van der Waals surface area contributed by atoms with Gasteiger partial charge in [-0.3, -0.25) is 4.79 Å². The summed E-state index contributed by atoms with van der Waals surface area (Å²) in [5.41, 5.74) is 0. The highest BCUT2D eigenvalue weighted by Crippen LogP contribution is 2.08. The zero-order valence-electron chi connectivity index (χ0n) is 6.62. The molecule has 66 valence electrons. The maximum absolute atomic E-state index is 10.9. The van der Waals surface area contributed by atoms with Gasteiger partial charge in [-0.05, 0) is 12.1 Å².